The van der Waals surface area contributed by atoms with Crippen LogP contribution in [0.25, 0.3) is 0 Å². The molecule has 0 N–H and O–H groups in total. The first-order valence-corrected chi connectivity index (χ1v) is 8.38. The number of aryl methyl sites for hydroxylation is 2. The first kappa shape index (κ1) is 15.3. The maximum absolute atomic E-state index is 5.83. The summed E-state index contributed by atoms with van der Waals surface area (Å²) < 4.78 is 6.89. The molecule has 1 aliphatic rings. The number of nitrogens with zero attached hydrogens (tertiary/aromatic N) is 1. The van der Waals surface area contributed by atoms with Crippen LogP contribution in [0.5, 0.6) is 0 Å². The first-order chi connectivity index (χ1) is 10.5. The number of aliphatic imine (C=N–C) groups is 1. The molecule has 114 valence electrons. The zero-order valence-corrected chi connectivity index (χ0v) is 14.6. The fourth-order valence-electron chi connectivity index (χ4n) is 2.61. The van der Waals surface area contributed by atoms with Gasteiger partial charge in [0.25, 0.3) is 0 Å². The van der Waals surface area contributed by atoms with Gasteiger partial charge in [-0.2, -0.15) is 0 Å². The quantitative estimate of drug-likeness (QED) is 0.770. The Morgan fingerprint density at radius 3 is 2.55 bits per heavy atom. The van der Waals surface area contributed by atoms with Gasteiger partial charge < -0.3 is 4.74 Å². The Hall–Kier alpha value is -1.61. The molecular weight excluding hydrogens is 338 g/mol. The van der Waals surface area contributed by atoms with E-state index in [4.69, 9.17) is 9.73 Å². The van der Waals surface area contributed by atoms with Crippen molar-refractivity contribution in [1.29, 1.82) is 0 Å². The van der Waals surface area contributed by atoms with E-state index < -0.39 is 0 Å². The monoisotopic (exact) mass is 357 g/mol. The predicted octanol–water partition coefficient (Wildman–Crippen LogP) is 4.79. The van der Waals surface area contributed by atoms with Crippen LogP contribution in [-0.2, 0) is 17.6 Å². The average Bonchev–Trinajstić information content (AvgIpc) is 2.87. The maximum atomic E-state index is 5.83. The van der Waals surface area contributed by atoms with Crippen molar-refractivity contribution in [3.8, 4) is 0 Å². The summed E-state index contributed by atoms with van der Waals surface area (Å²) in [5.74, 6) is 0.773. The van der Waals surface area contributed by atoms with E-state index in [-0.39, 0.29) is 5.54 Å². The highest BCUT2D eigenvalue weighted by molar-refractivity contribution is 9.10. The van der Waals surface area contributed by atoms with Gasteiger partial charge in [0.15, 0.2) is 0 Å². The number of rotatable bonds is 4. The van der Waals surface area contributed by atoms with E-state index in [9.17, 15) is 0 Å². The summed E-state index contributed by atoms with van der Waals surface area (Å²) in [6, 6.07) is 16.9. The second-order valence-corrected chi connectivity index (χ2v) is 7.22. The Labute approximate surface area is 140 Å². The second-order valence-electron chi connectivity index (χ2n) is 6.31. The van der Waals surface area contributed by atoms with Gasteiger partial charge in [0, 0.05) is 10.0 Å². The summed E-state index contributed by atoms with van der Waals surface area (Å²) >= 11 is 3.56. The third-order valence-electron chi connectivity index (χ3n) is 3.79. The van der Waals surface area contributed by atoms with Crippen LogP contribution in [0.4, 0.5) is 0 Å². The lowest BCUT2D eigenvalue weighted by Crippen LogP contribution is -2.17. The first-order valence-electron chi connectivity index (χ1n) is 7.59. The lowest BCUT2D eigenvalue weighted by atomic mass is 9.99. The SMILES string of the molecule is CC1(C)COC(c2cc(Br)ccc2CCc2ccccc2)=N1. The summed E-state index contributed by atoms with van der Waals surface area (Å²) in [5, 5.41) is 0. The molecule has 22 heavy (non-hydrogen) atoms. The molecule has 0 atom stereocenters. The molecule has 0 unspecified atom stereocenters. The molecule has 3 rings (SSSR count). The third-order valence-corrected chi connectivity index (χ3v) is 4.29. The molecular formula is C19H20BrNO. The van der Waals surface area contributed by atoms with Crippen LogP contribution in [0.1, 0.15) is 30.5 Å². The van der Waals surface area contributed by atoms with Gasteiger partial charge in [0.2, 0.25) is 5.90 Å². The summed E-state index contributed by atoms with van der Waals surface area (Å²) in [5.41, 5.74) is 3.61. The third kappa shape index (κ3) is 3.58. The lowest BCUT2D eigenvalue weighted by Gasteiger charge is -2.10. The van der Waals surface area contributed by atoms with E-state index in [2.05, 4.69) is 78.3 Å². The molecule has 0 aromatic heterocycles. The molecule has 3 heteroatoms. The van der Waals surface area contributed by atoms with Crippen molar-refractivity contribution in [2.24, 2.45) is 4.99 Å². The number of halogens is 1. The van der Waals surface area contributed by atoms with Crippen LogP contribution in [0.2, 0.25) is 0 Å². The van der Waals surface area contributed by atoms with Crippen LogP contribution < -0.4 is 0 Å². The zero-order valence-electron chi connectivity index (χ0n) is 13.0. The van der Waals surface area contributed by atoms with Crippen LogP contribution in [0.15, 0.2) is 58.0 Å². The predicted molar refractivity (Wildman–Crippen MR) is 94.6 cm³/mol. The van der Waals surface area contributed by atoms with Gasteiger partial charge in [-0.1, -0.05) is 52.3 Å². The number of ether oxygens (including phenoxy) is 1. The van der Waals surface area contributed by atoms with Gasteiger partial charge in [0.1, 0.15) is 6.61 Å². The zero-order chi connectivity index (χ0) is 15.6. The summed E-state index contributed by atoms with van der Waals surface area (Å²) in [6.45, 7) is 4.84. The van der Waals surface area contributed by atoms with Crippen LogP contribution in [0, 0.1) is 0 Å². The van der Waals surface area contributed by atoms with Gasteiger partial charge in [0.05, 0.1) is 5.54 Å². The van der Waals surface area contributed by atoms with Crippen LogP contribution in [0.3, 0.4) is 0 Å². The molecule has 0 amide bonds. The Bertz CT molecular complexity index is 692. The Morgan fingerprint density at radius 1 is 1.09 bits per heavy atom. The highest BCUT2D eigenvalue weighted by Crippen LogP contribution is 2.25. The summed E-state index contributed by atoms with van der Waals surface area (Å²) in [4.78, 5) is 4.72. The molecule has 0 aliphatic carbocycles. The molecule has 2 aromatic carbocycles. The van der Waals surface area contributed by atoms with E-state index in [1.807, 2.05) is 0 Å². The fraction of sp³-hybridized carbons (Fsp3) is 0.316. The number of hydrogen-bond acceptors (Lipinski definition) is 2. The second kappa shape index (κ2) is 6.25. The summed E-state index contributed by atoms with van der Waals surface area (Å²) in [6.07, 6.45) is 2.00. The van der Waals surface area contributed by atoms with Gasteiger partial charge in [-0.3, -0.25) is 0 Å². The van der Waals surface area contributed by atoms with Crippen LogP contribution >= 0.6 is 15.9 Å². The Kier molecular flexibility index (Phi) is 4.34. The molecule has 0 bridgehead atoms. The molecule has 0 saturated carbocycles. The minimum atomic E-state index is -0.131. The van der Waals surface area contributed by atoms with Crippen molar-refractivity contribution in [2.45, 2.75) is 32.2 Å². The van der Waals surface area contributed by atoms with Crippen molar-refractivity contribution in [3.05, 3.63) is 69.7 Å². The van der Waals surface area contributed by atoms with Crippen molar-refractivity contribution in [1.82, 2.24) is 0 Å². The number of benzene rings is 2. The number of hydrogen-bond donors (Lipinski definition) is 0. The molecule has 1 aliphatic heterocycles. The fourth-order valence-corrected chi connectivity index (χ4v) is 2.97. The van der Waals surface area contributed by atoms with Crippen molar-refractivity contribution in [3.63, 3.8) is 0 Å². The molecule has 0 spiro atoms. The van der Waals surface area contributed by atoms with E-state index >= 15 is 0 Å². The van der Waals surface area contributed by atoms with Gasteiger partial charge in [-0.05, 0) is 49.9 Å². The highest BCUT2D eigenvalue weighted by atomic mass is 79.9. The minimum absolute atomic E-state index is 0.131. The molecule has 0 fully saturated rings. The largest absolute Gasteiger partial charge is 0.475 e. The Balaban J connectivity index is 1.85. The van der Waals surface area contributed by atoms with Crippen molar-refractivity contribution in [2.75, 3.05) is 6.61 Å². The average molecular weight is 358 g/mol. The minimum Gasteiger partial charge on any atom is -0.475 e. The molecule has 2 nitrogen and oxygen atoms in total. The normalized spacial score (nSPS) is 16.2. The van der Waals surface area contributed by atoms with Gasteiger partial charge in [-0.25, -0.2) is 4.99 Å². The topological polar surface area (TPSA) is 21.6 Å². The standard InChI is InChI=1S/C19H20BrNO/c1-19(2)13-22-18(21-19)17-12-16(20)11-10-15(17)9-8-14-6-4-3-5-7-14/h3-7,10-12H,8-9,13H2,1-2H3. The molecule has 0 radical (unpaired) electrons. The van der Waals surface area contributed by atoms with Gasteiger partial charge in [-0.15, -0.1) is 0 Å². The van der Waals surface area contributed by atoms with Crippen molar-refractivity contribution >= 4 is 21.8 Å². The molecule has 1 heterocycles. The smallest absolute Gasteiger partial charge is 0.217 e. The summed E-state index contributed by atoms with van der Waals surface area (Å²) in [7, 11) is 0. The van der Waals surface area contributed by atoms with E-state index in [1.54, 1.807) is 0 Å². The maximum Gasteiger partial charge on any atom is 0.217 e. The highest BCUT2D eigenvalue weighted by Gasteiger charge is 2.28. The van der Waals surface area contributed by atoms with E-state index in [0.717, 1.165) is 28.8 Å². The van der Waals surface area contributed by atoms with E-state index in [1.165, 1.54) is 11.1 Å². The van der Waals surface area contributed by atoms with E-state index in [0.29, 0.717) is 6.61 Å². The molecule has 0 saturated heterocycles. The molecule has 2 aromatic rings. The lowest BCUT2D eigenvalue weighted by molar-refractivity contribution is 0.279. The van der Waals surface area contributed by atoms with Crippen LogP contribution in [-0.4, -0.2) is 18.0 Å². The Morgan fingerprint density at radius 2 is 1.86 bits per heavy atom. The van der Waals surface area contributed by atoms with Gasteiger partial charge >= 0.3 is 0 Å². The van der Waals surface area contributed by atoms with Crippen molar-refractivity contribution < 1.29 is 4.74 Å².